The van der Waals surface area contributed by atoms with Gasteiger partial charge < -0.3 is 14.0 Å². The van der Waals surface area contributed by atoms with Crippen molar-refractivity contribution in [2.45, 2.75) is 77.6 Å². The van der Waals surface area contributed by atoms with Gasteiger partial charge in [0.25, 0.3) is 0 Å². The lowest BCUT2D eigenvalue weighted by Gasteiger charge is -2.32. The molecule has 0 bridgehead atoms. The average molecular weight is 344 g/mol. The molecule has 0 amide bonds. The molecule has 0 radical (unpaired) electrons. The highest BCUT2D eigenvalue weighted by Crippen LogP contribution is 2.48. The Morgan fingerprint density at radius 3 is 2.32 bits per heavy atom. The van der Waals surface area contributed by atoms with Crippen molar-refractivity contribution >= 4 is 18.6 Å². The van der Waals surface area contributed by atoms with E-state index >= 15 is 0 Å². The monoisotopic (exact) mass is 344 g/mol. The summed E-state index contributed by atoms with van der Waals surface area (Å²) in [5.41, 5.74) is 1.02. The van der Waals surface area contributed by atoms with Gasteiger partial charge in [-0.1, -0.05) is 24.3 Å². The fourth-order valence-electron chi connectivity index (χ4n) is 3.12. The number of carbonyl (C=O) groups excluding carboxylic acids is 1. The maximum Gasteiger partial charge on any atom is 0.494 e. The van der Waals surface area contributed by atoms with Gasteiger partial charge in [-0.25, -0.2) is 0 Å². The van der Waals surface area contributed by atoms with Crippen molar-refractivity contribution in [1.29, 1.82) is 0 Å². The second kappa shape index (κ2) is 5.85. The first kappa shape index (κ1) is 18.5. The molecule has 2 aliphatic rings. The summed E-state index contributed by atoms with van der Waals surface area (Å²) in [5.74, 6) is 0.100. The third-order valence-electron chi connectivity index (χ3n) is 5.36. The van der Waals surface area contributed by atoms with Crippen molar-refractivity contribution in [3.8, 4) is 0 Å². The topological polar surface area (TPSA) is 44.8 Å². The lowest BCUT2D eigenvalue weighted by atomic mass is 9.78. The van der Waals surface area contributed by atoms with E-state index in [0.717, 1.165) is 17.4 Å². The van der Waals surface area contributed by atoms with Gasteiger partial charge in [-0.3, -0.25) is 4.79 Å². The molecule has 0 N–H and O–H groups in total. The van der Waals surface area contributed by atoms with Crippen LogP contribution in [0.2, 0.25) is 0 Å². The van der Waals surface area contributed by atoms with E-state index in [1.807, 2.05) is 32.9 Å². The third kappa shape index (κ3) is 3.77. The van der Waals surface area contributed by atoms with Crippen molar-refractivity contribution in [1.82, 2.24) is 0 Å². The van der Waals surface area contributed by atoms with E-state index in [4.69, 9.17) is 14.0 Å². The third-order valence-corrected chi connectivity index (χ3v) is 5.36. The summed E-state index contributed by atoms with van der Waals surface area (Å²) in [6.45, 7) is 13.9. The summed E-state index contributed by atoms with van der Waals surface area (Å²) in [6, 6.07) is 8.22. The minimum atomic E-state index is -0.436. The fourth-order valence-corrected chi connectivity index (χ4v) is 3.12. The number of esters is 1. The number of hydrogen-bond acceptors (Lipinski definition) is 4. The van der Waals surface area contributed by atoms with Crippen molar-refractivity contribution in [2.24, 2.45) is 5.92 Å². The summed E-state index contributed by atoms with van der Waals surface area (Å²) in [6.07, 6.45) is 0.849. The summed E-state index contributed by atoms with van der Waals surface area (Å²) in [7, 11) is -0.372. The number of rotatable bonds is 3. The van der Waals surface area contributed by atoms with Gasteiger partial charge in [-0.05, 0) is 71.8 Å². The van der Waals surface area contributed by atoms with Crippen LogP contribution >= 0.6 is 0 Å². The summed E-state index contributed by atoms with van der Waals surface area (Å²) in [5, 5.41) is 0. The zero-order chi connectivity index (χ0) is 18.6. The van der Waals surface area contributed by atoms with Crippen molar-refractivity contribution < 1.29 is 18.8 Å². The van der Waals surface area contributed by atoms with Gasteiger partial charge in [0.05, 0.1) is 17.1 Å². The Hall–Kier alpha value is -1.33. The van der Waals surface area contributed by atoms with Crippen LogP contribution in [0.5, 0.6) is 0 Å². The molecule has 0 aromatic heterocycles. The molecule has 2 atom stereocenters. The summed E-state index contributed by atoms with van der Waals surface area (Å²) in [4.78, 5) is 12.2. The van der Waals surface area contributed by atoms with Gasteiger partial charge in [-0.15, -0.1) is 0 Å². The van der Waals surface area contributed by atoms with E-state index in [9.17, 15) is 4.79 Å². The number of carbonyl (C=O) groups is 1. The van der Waals surface area contributed by atoms with Crippen molar-refractivity contribution in [3.05, 3.63) is 29.8 Å². The lowest BCUT2D eigenvalue weighted by molar-refractivity contribution is -0.156. The van der Waals surface area contributed by atoms with E-state index in [1.54, 1.807) is 0 Å². The van der Waals surface area contributed by atoms with Crippen LogP contribution in [0.4, 0.5) is 0 Å². The number of ether oxygens (including phenoxy) is 1. The molecular formula is C20H29BO4. The van der Waals surface area contributed by atoms with Crippen LogP contribution in [0.15, 0.2) is 24.3 Å². The van der Waals surface area contributed by atoms with Gasteiger partial charge in [0.2, 0.25) is 0 Å². The maximum atomic E-state index is 12.2. The van der Waals surface area contributed by atoms with Gasteiger partial charge in [0.15, 0.2) is 0 Å². The standard InChI is InChI=1S/C20H29BO4/c1-18(2,3)23-17(22)16-12-15(16)13-9-8-10-14(11-13)21-24-19(4,5)20(6,7)25-21/h8-11,15-16H,12H2,1-7H3/t15?,16-/m1/s1. The fraction of sp³-hybridized carbons (Fsp3) is 0.650. The summed E-state index contributed by atoms with van der Waals surface area (Å²) >= 11 is 0. The highest BCUT2D eigenvalue weighted by molar-refractivity contribution is 6.62. The Bertz CT molecular complexity index is 659. The largest absolute Gasteiger partial charge is 0.494 e. The van der Waals surface area contributed by atoms with Gasteiger partial charge in [0, 0.05) is 0 Å². The Balaban J connectivity index is 1.71. The highest BCUT2D eigenvalue weighted by Gasteiger charge is 2.52. The predicted molar refractivity (Wildman–Crippen MR) is 98.9 cm³/mol. The van der Waals surface area contributed by atoms with E-state index in [1.165, 1.54) is 0 Å². The molecule has 1 aliphatic heterocycles. The van der Waals surface area contributed by atoms with Crippen LogP contribution in [0.3, 0.4) is 0 Å². The van der Waals surface area contributed by atoms with Crippen LogP contribution < -0.4 is 5.46 Å². The van der Waals surface area contributed by atoms with E-state index < -0.39 is 5.60 Å². The van der Waals surface area contributed by atoms with Crippen LogP contribution in [0.1, 0.15) is 66.4 Å². The Morgan fingerprint density at radius 1 is 1.16 bits per heavy atom. The first-order valence-corrected chi connectivity index (χ1v) is 9.08. The summed E-state index contributed by atoms with van der Waals surface area (Å²) < 4.78 is 17.8. The van der Waals surface area contributed by atoms with Gasteiger partial charge in [-0.2, -0.15) is 0 Å². The maximum absolute atomic E-state index is 12.2. The zero-order valence-corrected chi connectivity index (χ0v) is 16.4. The van der Waals surface area contributed by atoms with Crippen LogP contribution in [-0.2, 0) is 18.8 Å². The zero-order valence-electron chi connectivity index (χ0n) is 16.4. The Morgan fingerprint density at radius 2 is 1.76 bits per heavy atom. The molecule has 1 aromatic rings. The van der Waals surface area contributed by atoms with Crippen molar-refractivity contribution in [3.63, 3.8) is 0 Å². The lowest BCUT2D eigenvalue weighted by Crippen LogP contribution is -2.41. The molecule has 4 nitrogen and oxygen atoms in total. The molecule has 1 saturated carbocycles. The molecule has 1 aliphatic carbocycles. The van der Waals surface area contributed by atoms with E-state index in [-0.39, 0.29) is 36.1 Å². The first-order chi connectivity index (χ1) is 11.4. The molecule has 1 saturated heterocycles. The minimum Gasteiger partial charge on any atom is -0.460 e. The van der Waals surface area contributed by atoms with Gasteiger partial charge in [0.1, 0.15) is 5.60 Å². The molecule has 136 valence electrons. The van der Waals surface area contributed by atoms with Crippen LogP contribution in [0.25, 0.3) is 0 Å². The highest BCUT2D eigenvalue weighted by atomic mass is 16.7. The SMILES string of the molecule is CC(C)(C)OC(=O)[C@@H]1CC1c1cccc(B2OC(C)(C)C(C)(C)O2)c1. The van der Waals surface area contributed by atoms with Crippen LogP contribution in [-0.4, -0.2) is 29.9 Å². The minimum absolute atomic E-state index is 0.0345. The molecule has 25 heavy (non-hydrogen) atoms. The van der Waals surface area contributed by atoms with E-state index in [0.29, 0.717) is 0 Å². The smallest absolute Gasteiger partial charge is 0.460 e. The van der Waals surface area contributed by atoms with Gasteiger partial charge >= 0.3 is 13.1 Å². The molecular weight excluding hydrogens is 315 g/mol. The molecule has 1 aromatic carbocycles. The number of hydrogen-bond donors (Lipinski definition) is 0. The Labute approximate surface area is 151 Å². The second-order valence-electron chi connectivity index (χ2n) is 9.24. The van der Waals surface area contributed by atoms with Crippen LogP contribution in [0, 0.1) is 5.92 Å². The van der Waals surface area contributed by atoms with E-state index in [2.05, 4.69) is 39.8 Å². The molecule has 1 unspecified atom stereocenters. The molecule has 2 fully saturated rings. The normalized spacial score (nSPS) is 27.2. The number of benzene rings is 1. The molecule has 1 heterocycles. The second-order valence-corrected chi connectivity index (χ2v) is 9.24. The molecule has 5 heteroatoms. The average Bonchev–Trinajstić information content (AvgIpc) is 3.21. The predicted octanol–water partition coefficient (Wildman–Crippen LogP) is 3.43. The Kier molecular flexibility index (Phi) is 4.32. The molecule has 0 spiro atoms. The first-order valence-electron chi connectivity index (χ1n) is 9.08. The quantitative estimate of drug-likeness (QED) is 0.623. The van der Waals surface area contributed by atoms with Crippen molar-refractivity contribution in [2.75, 3.05) is 0 Å². The molecule has 3 rings (SSSR count).